The summed E-state index contributed by atoms with van der Waals surface area (Å²) in [5.74, 6) is -0.652. The molecule has 0 spiro atoms. The Labute approximate surface area is 114 Å². The van der Waals surface area contributed by atoms with E-state index in [1.807, 2.05) is 18.2 Å². The number of hydrogen-bond acceptors (Lipinski definition) is 4. The molecule has 1 aromatic carbocycles. The van der Waals surface area contributed by atoms with Gasteiger partial charge in [-0.15, -0.1) is 0 Å². The van der Waals surface area contributed by atoms with E-state index in [1.165, 1.54) is 14.2 Å². The lowest BCUT2D eigenvalue weighted by Gasteiger charge is -2.09. The van der Waals surface area contributed by atoms with E-state index in [-0.39, 0.29) is 24.8 Å². The molecule has 0 bridgehead atoms. The molecule has 0 aliphatic rings. The minimum Gasteiger partial charge on any atom is -0.469 e. The number of carbonyl (C=O) groups excluding carboxylic acids is 2. The van der Waals surface area contributed by atoms with E-state index in [2.05, 4.69) is 25.4 Å². The van der Waals surface area contributed by atoms with Crippen LogP contribution in [0.15, 0.2) is 18.2 Å². The molecule has 0 atom stereocenters. The molecular weight excluding hydrogens is 300 g/mol. The average Bonchev–Trinajstić information content (AvgIpc) is 2.40. The van der Waals surface area contributed by atoms with E-state index in [9.17, 15) is 9.59 Å². The zero-order chi connectivity index (χ0) is 13.5. The lowest BCUT2D eigenvalue weighted by molar-refractivity contribution is -0.141. The zero-order valence-electron chi connectivity index (χ0n) is 10.4. The van der Waals surface area contributed by atoms with E-state index in [4.69, 9.17) is 0 Å². The second-order valence-electron chi connectivity index (χ2n) is 3.74. The fourth-order valence-electron chi connectivity index (χ4n) is 1.55. The molecule has 1 rings (SSSR count). The van der Waals surface area contributed by atoms with Crippen molar-refractivity contribution < 1.29 is 19.1 Å². The Kier molecular flexibility index (Phi) is 5.85. The number of ether oxygens (including phenoxy) is 2. The lowest BCUT2D eigenvalue weighted by Crippen LogP contribution is -2.11. The van der Waals surface area contributed by atoms with Gasteiger partial charge in [0.1, 0.15) is 0 Å². The zero-order valence-corrected chi connectivity index (χ0v) is 12.0. The molecule has 18 heavy (non-hydrogen) atoms. The molecule has 0 saturated carbocycles. The van der Waals surface area contributed by atoms with Crippen molar-refractivity contribution in [2.75, 3.05) is 14.2 Å². The highest BCUT2D eigenvalue weighted by molar-refractivity contribution is 9.08. The van der Waals surface area contributed by atoms with E-state index in [1.54, 1.807) is 0 Å². The van der Waals surface area contributed by atoms with E-state index in [0.717, 1.165) is 16.7 Å². The van der Waals surface area contributed by atoms with Crippen LogP contribution in [0.3, 0.4) is 0 Å². The number of esters is 2. The molecule has 0 saturated heterocycles. The molecule has 0 aromatic heterocycles. The maximum atomic E-state index is 11.3. The number of rotatable bonds is 5. The summed E-state index contributed by atoms with van der Waals surface area (Å²) in [7, 11) is 2.69. The van der Waals surface area contributed by atoms with Gasteiger partial charge < -0.3 is 9.47 Å². The second-order valence-corrected chi connectivity index (χ2v) is 4.30. The molecular formula is C13H15BrO4. The second kappa shape index (κ2) is 7.16. The highest BCUT2D eigenvalue weighted by atomic mass is 79.9. The highest BCUT2D eigenvalue weighted by Crippen LogP contribution is 2.16. The Bertz CT molecular complexity index is 443. The van der Waals surface area contributed by atoms with Crippen molar-refractivity contribution in [3.05, 3.63) is 34.9 Å². The number of hydrogen-bond donors (Lipinski definition) is 0. The van der Waals surface area contributed by atoms with Crippen LogP contribution in [-0.2, 0) is 37.2 Å². The summed E-state index contributed by atoms with van der Waals surface area (Å²) in [4.78, 5) is 22.6. The first-order valence-corrected chi connectivity index (χ1v) is 6.53. The molecule has 0 heterocycles. The Morgan fingerprint density at radius 2 is 1.61 bits per heavy atom. The normalized spacial score (nSPS) is 9.94. The van der Waals surface area contributed by atoms with Gasteiger partial charge in [-0.05, 0) is 16.7 Å². The summed E-state index contributed by atoms with van der Waals surface area (Å²) in [5, 5.41) is 0.694. The number of alkyl halides is 1. The summed E-state index contributed by atoms with van der Waals surface area (Å²) >= 11 is 3.36. The van der Waals surface area contributed by atoms with Crippen molar-refractivity contribution >= 4 is 27.9 Å². The van der Waals surface area contributed by atoms with E-state index >= 15 is 0 Å². The predicted octanol–water partition coefficient (Wildman–Crippen LogP) is 2.01. The summed E-state index contributed by atoms with van der Waals surface area (Å²) < 4.78 is 9.28. The van der Waals surface area contributed by atoms with Crippen molar-refractivity contribution in [1.29, 1.82) is 0 Å². The van der Waals surface area contributed by atoms with Crippen LogP contribution < -0.4 is 0 Å². The molecule has 98 valence electrons. The lowest BCUT2D eigenvalue weighted by atomic mass is 9.99. The van der Waals surface area contributed by atoms with Crippen LogP contribution in [0.25, 0.3) is 0 Å². The molecule has 0 N–H and O–H groups in total. The number of carbonyl (C=O) groups is 2. The first-order valence-electron chi connectivity index (χ1n) is 5.41. The third-order valence-corrected chi connectivity index (χ3v) is 3.20. The van der Waals surface area contributed by atoms with Gasteiger partial charge in [-0.25, -0.2) is 0 Å². The van der Waals surface area contributed by atoms with Gasteiger partial charge >= 0.3 is 11.9 Å². The molecule has 0 unspecified atom stereocenters. The standard InChI is InChI=1S/C13H15BrO4/c1-17-12(15)6-10-4-3-9(8-14)5-11(10)7-13(16)18-2/h3-5H,6-8H2,1-2H3. The SMILES string of the molecule is COC(=O)Cc1ccc(CBr)cc1CC(=O)OC. The average molecular weight is 315 g/mol. The summed E-state index contributed by atoms with van der Waals surface area (Å²) in [6, 6.07) is 5.64. The van der Waals surface area contributed by atoms with E-state index < -0.39 is 0 Å². The van der Waals surface area contributed by atoms with Gasteiger partial charge in [0.15, 0.2) is 0 Å². The Morgan fingerprint density at radius 1 is 1.06 bits per heavy atom. The quantitative estimate of drug-likeness (QED) is 0.616. The van der Waals surface area contributed by atoms with Gasteiger partial charge in [0.05, 0.1) is 27.1 Å². The van der Waals surface area contributed by atoms with Crippen LogP contribution in [-0.4, -0.2) is 26.2 Å². The maximum Gasteiger partial charge on any atom is 0.309 e. The van der Waals surface area contributed by atoms with E-state index in [0.29, 0.717) is 5.33 Å². The fraction of sp³-hybridized carbons (Fsp3) is 0.385. The number of halogens is 1. The van der Waals surface area contributed by atoms with Crippen LogP contribution in [0.2, 0.25) is 0 Å². The number of benzene rings is 1. The topological polar surface area (TPSA) is 52.6 Å². The summed E-state index contributed by atoms with van der Waals surface area (Å²) in [6.07, 6.45) is 0.315. The number of methoxy groups -OCH3 is 2. The van der Waals surface area contributed by atoms with Crippen LogP contribution >= 0.6 is 15.9 Å². The van der Waals surface area contributed by atoms with Gasteiger partial charge in [0.2, 0.25) is 0 Å². The van der Waals surface area contributed by atoms with Crippen LogP contribution in [0, 0.1) is 0 Å². The van der Waals surface area contributed by atoms with Gasteiger partial charge in [-0.3, -0.25) is 9.59 Å². The molecule has 0 amide bonds. The largest absolute Gasteiger partial charge is 0.469 e. The van der Waals surface area contributed by atoms with Gasteiger partial charge in [-0.2, -0.15) is 0 Å². The van der Waals surface area contributed by atoms with Gasteiger partial charge in [0, 0.05) is 5.33 Å². The van der Waals surface area contributed by atoms with Crippen molar-refractivity contribution in [2.45, 2.75) is 18.2 Å². The summed E-state index contributed by atoms with van der Waals surface area (Å²) in [6.45, 7) is 0. The minimum atomic E-state index is -0.326. The first-order chi connectivity index (χ1) is 8.60. The third kappa shape index (κ3) is 4.14. The first kappa shape index (κ1) is 14.7. The minimum absolute atomic E-state index is 0.156. The Hall–Kier alpha value is -1.36. The molecule has 0 aliphatic heterocycles. The monoisotopic (exact) mass is 314 g/mol. The Balaban J connectivity index is 2.99. The third-order valence-electron chi connectivity index (χ3n) is 2.55. The van der Waals surface area contributed by atoms with Crippen molar-refractivity contribution in [2.24, 2.45) is 0 Å². The molecule has 4 nitrogen and oxygen atoms in total. The molecule has 0 aliphatic carbocycles. The maximum absolute atomic E-state index is 11.3. The van der Waals surface area contributed by atoms with Crippen molar-refractivity contribution in [1.82, 2.24) is 0 Å². The highest BCUT2D eigenvalue weighted by Gasteiger charge is 2.12. The Morgan fingerprint density at radius 3 is 2.11 bits per heavy atom. The smallest absolute Gasteiger partial charge is 0.309 e. The molecule has 0 fully saturated rings. The van der Waals surface area contributed by atoms with Crippen LogP contribution in [0.4, 0.5) is 0 Å². The van der Waals surface area contributed by atoms with Gasteiger partial charge in [-0.1, -0.05) is 34.1 Å². The van der Waals surface area contributed by atoms with Crippen LogP contribution in [0.5, 0.6) is 0 Å². The van der Waals surface area contributed by atoms with Crippen LogP contribution in [0.1, 0.15) is 16.7 Å². The fourth-order valence-corrected chi connectivity index (χ4v) is 1.90. The molecule has 5 heteroatoms. The predicted molar refractivity (Wildman–Crippen MR) is 70.5 cm³/mol. The molecule has 0 radical (unpaired) electrons. The van der Waals surface area contributed by atoms with Crippen molar-refractivity contribution in [3.8, 4) is 0 Å². The summed E-state index contributed by atoms with van der Waals surface area (Å²) in [5.41, 5.74) is 2.63. The van der Waals surface area contributed by atoms with Gasteiger partial charge in [0.25, 0.3) is 0 Å². The molecule has 1 aromatic rings. The van der Waals surface area contributed by atoms with Crippen molar-refractivity contribution in [3.63, 3.8) is 0 Å².